The van der Waals surface area contributed by atoms with Crippen LogP contribution in [-0.4, -0.2) is 22.5 Å². The van der Waals surface area contributed by atoms with Crippen molar-refractivity contribution in [3.63, 3.8) is 0 Å². The lowest BCUT2D eigenvalue weighted by Gasteiger charge is -1.99. The molecule has 0 aliphatic carbocycles. The van der Waals surface area contributed by atoms with Crippen molar-refractivity contribution in [2.24, 2.45) is 0 Å². The maximum Gasteiger partial charge on any atom is 0.309 e. The van der Waals surface area contributed by atoms with Crippen LogP contribution in [0.5, 0.6) is 0 Å². The number of nitrogens with zero attached hydrogens (tertiary/aromatic N) is 2. The van der Waals surface area contributed by atoms with Gasteiger partial charge in [0.15, 0.2) is 0 Å². The van der Waals surface area contributed by atoms with Crippen molar-refractivity contribution in [1.29, 1.82) is 0 Å². The average Bonchev–Trinajstić information content (AvgIpc) is 2.31. The number of rotatable bonds is 5. The first-order valence-corrected chi connectivity index (χ1v) is 5.26. The van der Waals surface area contributed by atoms with E-state index in [2.05, 4.69) is 4.98 Å². The maximum atomic E-state index is 11.1. The van der Waals surface area contributed by atoms with E-state index in [1.54, 1.807) is 6.92 Å². The second kappa shape index (κ2) is 6.33. The first kappa shape index (κ1) is 13.6. The molecule has 0 bridgehead atoms. The smallest absolute Gasteiger partial charge is 0.309 e. The highest BCUT2D eigenvalue weighted by Crippen LogP contribution is 2.18. The number of nitrogen functional groups attached to an aromatic ring is 1. The highest BCUT2D eigenvalue weighted by atomic mass is 16.6. The second-order valence-electron chi connectivity index (χ2n) is 3.34. The molecule has 1 rings (SSSR count). The van der Waals surface area contributed by atoms with E-state index in [0.29, 0.717) is 12.2 Å². The molecule has 0 unspecified atom stereocenters. The largest absolute Gasteiger partial charge is 0.466 e. The number of hydrogen-bond acceptors (Lipinski definition) is 6. The number of esters is 1. The van der Waals surface area contributed by atoms with Crippen molar-refractivity contribution in [3.05, 3.63) is 34.0 Å². The Balaban J connectivity index is 2.77. The predicted octanol–water partition coefficient (Wildman–Crippen LogP) is 1.54. The Labute approximate surface area is 103 Å². The minimum Gasteiger partial charge on any atom is -0.466 e. The van der Waals surface area contributed by atoms with E-state index in [-0.39, 0.29) is 23.9 Å². The summed E-state index contributed by atoms with van der Waals surface area (Å²) in [5.74, 6) is -0.202. The number of pyridine rings is 1. The van der Waals surface area contributed by atoms with Crippen LogP contribution in [0.2, 0.25) is 0 Å². The Hall–Kier alpha value is -2.44. The van der Waals surface area contributed by atoms with Crippen molar-refractivity contribution in [2.75, 3.05) is 12.3 Å². The Kier molecular flexibility index (Phi) is 4.79. The quantitative estimate of drug-likeness (QED) is 0.483. The van der Waals surface area contributed by atoms with Gasteiger partial charge in [-0.15, -0.1) is 0 Å². The third-order valence-electron chi connectivity index (χ3n) is 2.03. The van der Waals surface area contributed by atoms with Gasteiger partial charge in [-0.3, -0.25) is 14.9 Å². The molecular weight excluding hydrogens is 238 g/mol. The van der Waals surface area contributed by atoms with Crippen molar-refractivity contribution in [3.8, 4) is 0 Å². The maximum absolute atomic E-state index is 11.1. The summed E-state index contributed by atoms with van der Waals surface area (Å²) in [6, 6.07) is 1.30. The van der Waals surface area contributed by atoms with Crippen molar-refractivity contribution < 1.29 is 14.5 Å². The minimum atomic E-state index is -0.560. The summed E-state index contributed by atoms with van der Waals surface area (Å²) >= 11 is 0. The molecule has 0 saturated carbocycles. The van der Waals surface area contributed by atoms with Gasteiger partial charge in [0.25, 0.3) is 5.69 Å². The van der Waals surface area contributed by atoms with Crippen LogP contribution in [-0.2, 0) is 9.53 Å². The van der Waals surface area contributed by atoms with Crippen LogP contribution in [0.4, 0.5) is 11.5 Å². The number of nitrogens with two attached hydrogens (primary N) is 1. The summed E-state index contributed by atoms with van der Waals surface area (Å²) in [5.41, 5.74) is 5.81. The molecule has 0 radical (unpaired) electrons. The molecule has 0 spiro atoms. The molecule has 0 fully saturated rings. The van der Waals surface area contributed by atoms with Crippen molar-refractivity contribution in [2.45, 2.75) is 13.3 Å². The van der Waals surface area contributed by atoms with Crippen LogP contribution in [0.1, 0.15) is 18.9 Å². The first-order valence-electron chi connectivity index (χ1n) is 5.26. The number of carbonyl (C=O) groups excluding carboxylic acids is 1. The van der Waals surface area contributed by atoms with E-state index in [9.17, 15) is 14.9 Å². The van der Waals surface area contributed by atoms with Crippen LogP contribution >= 0.6 is 0 Å². The minimum absolute atomic E-state index is 0.0793. The molecule has 2 N–H and O–H groups in total. The number of anilines is 1. The standard InChI is InChI=1S/C11H13N3O4/c1-2-18-10(15)5-3-4-8-6-9(14(16)17)7-13-11(8)12/h3-4,6-7H,2,5H2,1H3,(H2,12,13). The highest BCUT2D eigenvalue weighted by Gasteiger charge is 2.08. The van der Waals surface area contributed by atoms with Gasteiger partial charge in [-0.05, 0) is 6.92 Å². The SMILES string of the molecule is CCOC(=O)CC=Cc1cc([N+](=O)[O-])cnc1N. The van der Waals surface area contributed by atoms with Crippen LogP contribution in [0, 0.1) is 10.1 Å². The normalized spacial score (nSPS) is 10.5. The molecule has 0 saturated heterocycles. The van der Waals surface area contributed by atoms with Crippen LogP contribution in [0.15, 0.2) is 18.3 Å². The summed E-state index contributed by atoms with van der Waals surface area (Å²) in [7, 11) is 0. The Morgan fingerprint density at radius 1 is 1.67 bits per heavy atom. The zero-order valence-corrected chi connectivity index (χ0v) is 9.83. The lowest BCUT2D eigenvalue weighted by molar-refractivity contribution is -0.385. The fraction of sp³-hybridized carbons (Fsp3) is 0.273. The molecule has 0 atom stereocenters. The molecule has 0 aromatic carbocycles. The van der Waals surface area contributed by atoms with Crippen molar-refractivity contribution in [1.82, 2.24) is 4.98 Å². The molecule has 0 amide bonds. The third-order valence-corrected chi connectivity index (χ3v) is 2.03. The van der Waals surface area contributed by atoms with E-state index in [1.807, 2.05) is 0 Å². The fourth-order valence-corrected chi connectivity index (χ4v) is 1.22. The van der Waals surface area contributed by atoms with Crippen LogP contribution in [0.25, 0.3) is 6.08 Å². The van der Waals surface area contributed by atoms with E-state index in [0.717, 1.165) is 6.20 Å². The molecule has 18 heavy (non-hydrogen) atoms. The van der Waals surface area contributed by atoms with Crippen LogP contribution < -0.4 is 5.73 Å². The molecule has 0 aliphatic rings. The second-order valence-corrected chi connectivity index (χ2v) is 3.34. The van der Waals surface area contributed by atoms with Gasteiger partial charge in [0.1, 0.15) is 12.0 Å². The van der Waals surface area contributed by atoms with Gasteiger partial charge in [0, 0.05) is 11.6 Å². The lowest BCUT2D eigenvalue weighted by Crippen LogP contribution is -2.01. The molecular formula is C11H13N3O4. The first-order chi connectivity index (χ1) is 8.54. The third kappa shape index (κ3) is 3.85. The van der Waals surface area contributed by atoms with Crippen molar-refractivity contribution >= 4 is 23.6 Å². The monoisotopic (exact) mass is 251 g/mol. The van der Waals surface area contributed by atoms with Gasteiger partial charge in [0.2, 0.25) is 0 Å². The molecule has 1 aromatic heterocycles. The summed E-state index contributed by atoms with van der Waals surface area (Å²) in [6.07, 6.45) is 4.19. The van der Waals surface area contributed by atoms with Gasteiger partial charge >= 0.3 is 5.97 Å². The van der Waals surface area contributed by atoms with E-state index in [1.165, 1.54) is 18.2 Å². The molecule has 1 aromatic rings. The van der Waals surface area contributed by atoms with E-state index >= 15 is 0 Å². The van der Waals surface area contributed by atoms with E-state index in [4.69, 9.17) is 10.5 Å². The van der Waals surface area contributed by atoms with E-state index < -0.39 is 4.92 Å². The fourth-order valence-electron chi connectivity index (χ4n) is 1.22. The van der Waals surface area contributed by atoms with Gasteiger partial charge in [-0.1, -0.05) is 12.2 Å². The summed E-state index contributed by atoms with van der Waals surface area (Å²) in [5, 5.41) is 10.6. The number of aromatic nitrogens is 1. The van der Waals surface area contributed by atoms with Gasteiger partial charge in [0.05, 0.1) is 18.0 Å². The average molecular weight is 251 g/mol. The number of carbonyl (C=O) groups is 1. The zero-order valence-electron chi connectivity index (χ0n) is 9.83. The lowest BCUT2D eigenvalue weighted by atomic mass is 10.2. The summed E-state index contributed by atoms with van der Waals surface area (Å²) in [4.78, 5) is 24.8. The Bertz CT molecular complexity index is 485. The predicted molar refractivity (Wildman–Crippen MR) is 65.6 cm³/mol. The number of ether oxygens (including phenoxy) is 1. The molecule has 0 aliphatic heterocycles. The molecule has 1 heterocycles. The van der Waals surface area contributed by atoms with Gasteiger partial charge in [-0.25, -0.2) is 4.98 Å². The van der Waals surface area contributed by atoms with Gasteiger partial charge < -0.3 is 10.5 Å². The Morgan fingerprint density at radius 3 is 3.00 bits per heavy atom. The highest BCUT2D eigenvalue weighted by molar-refractivity contribution is 5.73. The Morgan fingerprint density at radius 2 is 2.39 bits per heavy atom. The topological polar surface area (TPSA) is 108 Å². The zero-order chi connectivity index (χ0) is 13.5. The van der Waals surface area contributed by atoms with Crippen LogP contribution in [0.3, 0.4) is 0 Å². The summed E-state index contributed by atoms with van der Waals surface area (Å²) < 4.78 is 4.73. The van der Waals surface area contributed by atoms with Gasteiger partial charge in [-0.2, -0.15) is 0 Å². The summed E-state index contributed by atoms with van der Waals surface area (Å²) in [6.45, 7) is 2.03. The number of hydrogen-bond donors (Lipinski definition) is 1. The molecule has 7 heteroatoms. The molecule has 7 nitrogen and oxygen atoms in total. The molecule has 96 valence electrons. The number of nitro groups is 1.